The lowest BCUT2D eigenvalue weighted by atomic mass is 10.0. The number of thiophene rings is 4. The first kappa shape index (κ1) is 26.2. The molecule has 198 valence electrons. The molecule has 39 heavy (non-hydrogen) atoms. The van der Waals surface area contributed by atoms with Crippen LogP contribution in [0.1, 0.15) is 37.4 Å². The van der Waals surface area contributed by atoms with E-state index in [-0.39, 0.29) is 10.3 Å². The van der Waals surface area contributed by atoms with Crippen LogP contribution in [-0.4, -0.2) is 18.7 Å². The smallest absolute Gasteiger partial charge is 0.167 e. The number of aromatic nitrogens is 4. The summed E-state index contributed by atoms with van der Waals surface area (Å²) in [5.74, 6) is 1.26. The fourth-order valence-corrected chi connectivity index (χ4v) is 11.2. The first-order valence-electron chi connectivity index (χ1n) is 12.6. The van der Waals surface area contributed by atoms with Gasteiger partial charge in [-0.15, -0.1) is 45.3 Å². The van der Waals surface area contributed by atoms with Gasteiger partial charge in [0, 0.05) is 49.4 Å². The molecule has 7 aromatic rings. The Bertz CT molecular complexity index is 1820. The number of fused-ring (bicyclic) bond motifs is 4. The summed E-state index contributed by atoms with van der Waals surface area (Å²) in [4.78, 5) is 14.6. The van der Waals surface area contributed by atoms with Crippen molar-refractivity contribution >= 4 is 121 Å². The molecule has 0 atom stereocenters. The molecule has 0 spiro atoms. The van der Waals surface area contributed by atoms with E-state index in [1.807, 2.05) is 22.7 Å². The van der Waals surface area contributed by atoms with E-state index >= 15 is 0 Å². The van der Waals surface area contributed by atoms with Crippen LogP contribution in [0.25, 0.3) is 61.7 Å². The van der Waals surface area contributed by atoms with E-state index in [1.165, 1.54) is 40.3 Å². The molecule has 1 aromatic carbocycles. The molecular weight excluding hydrogens is 624 g/mol. The van der Waals surface area contributed by atoms with Crippen LogP contribution in [0.5, 0.6) is 0 Å². The minimum absolute atomic E-state index is 0.196. The van der Waals surface area contributed by atoms with E-state index in [2.05, 4.69) is 52.0 Å². The highest BCUT2D eigenvalue weighted by Crippen LogP contribution is 2.49. The summed E-state index contributed by atoms with van der Waals surface area (Å²) in [6.07, 6.45) is 2.19. The van der Waals surface area contributed by atoms with Gasteiger partial charge in [0.2, 0.25) is 0 Å². The third-order valence-corrected chi connectivity index (χ3v) is 12.3. The summed E-state index contributed by atoms with van der Waals surface area (Å²) in [6, 6.07) is 9.15. The first-order valence-corrected chi connectivity index (χ1v) is 17.4. The van der Waals surface area contributed by atoms with Gasteiger partial charge in [0.25, 0.3) is 0 Å². The summed E-state index contributed by atoms with van der Waals surface area (Å²) in [5, 5.41) is 0.393. The predicted octanol–water partition coefficient (Wildman–Crippen LogP) is 11.2. The zero-order chi connectivity index (χ0) is 27.0. The van der Waals surface area contributed by atoms with E-state index in [9.17, 15) is 0 Å². The van der Waals surface area contributed by atoms with Crippen LogP contribution in [-0.2, 0) is 12.8 Å². The molecule has 7 rings (SSSR count). The maximum absolute atomic E-state index is 6.47. The lowest BCUT2D eigenvalue weighted by Gasteiger charge is -2.11. The second kappa shape index (κ2) is 9.98. The number of halogens is 2. The predicted molar refractivity (Wildman–Crippen MR) is 175 cm³/mol. The van der Waals surface area contributed by atoms with Gasteiger partial charge in [-0.05, 0) is 48.9 Å². The van der Waals surface area contributed by atoms with Crippen molar-refractivity contribution in [1.82, 2.24) is 18.7 Å². The number of nitrogens with zero attached hydrogens (tertiary/aromatic N) is 4. The SMILES string of the molecule is CC(C)Cc1cc2sc(-c3c4nsnc4c(-c4cc5sc(CC(C)C)cc5s4)c4nc(Cl)c(Cl)nc34)cc2s1. The van der Waals surface area contributed by atoms with Gasteiger partial charge in [-0.3, -0.25) is 0 Å². The van der Waals surface area contributed by atoms with E-state index in [1.54, 1.807) is 22.7 Å². The topological polar surface area (TPSA) is 51.6 Å². The summed E-state index contributed by atoms with van der Waals surface area (Å²) < 4.78 is 14.7. The first-order chi connectivity index (χ1) is 18.7. The second-order valence-corrected chi connectivity index (χ2v) is 16.3. The molecule has 0 N–H and O–H groups in total. The molecule has 0 bridgehead atoms. The molecule has 0 unspecified atom stereocenters. The highest BCUT2D eigenvalue weighted by atomic mass is 35.5. The summed E-state index contributed by atoms with van der Waals surface area (Å²) in [6.45, 7) is 9.03. The fraction of sp³-hybridized carbons (Fsp3) is 0.286. The van der Waals surface area contributed by atoms with Crippen LogP contribution in [0.15, 0.2) is 24.3 Å². The Hall–Kier alpha value is -1.72. The molecule has 6 aromatic heterocycles. The molecule has 6 heterocycles. The largest absolute Gasteiger partial charge is 0.230 e. The van der Waals surface area contributed by atoms with Gasteiger partial charge in [0.15, 0.2) is 10.3 Å². The molecule has 11 heteroatoms. The Labute approximate surface area is 255 Å². The Morgan fingerprint density at radius 1 is 0.590 bits per heavy atom. The van der Waals surface area contributed by atoms with Gasteiger partial charge >= 0.3 is 0 Å². The van der Waals surface area contributed by atoms with Crippen molar-refractivity contribution in [3.63, 3.8) is 0 Å². The van der Waals surface area contributed by atoms with Crippen LogP contribution >= 0.6 is 80.3 Å². The molecule has 0 saturated heterocycles. The number of rotatable bonds is 6. The lowest BCUT2D eigenvalue weighted by molar-refractivity contribution is 0.654. The van der Waals surface area contributed by atoms with Crippen LogP contribution in [0, 0.1) is 11.8 Å². The number of hydrogen-bond acceptors (Lipinski definition) is 9. The van der Waals surface area contributed by atoms with Gasteiger partial charge in [0.05, 0.1) is 11.7 Å². The quantitative estimate of drug-likeness (QED) is 0.181. The van der Waals surface area contributed by atoms with Crippen LogP contribution < -0.4 is 0 Å². The van der Waals surface area contributed by atoms with Gasteiger partial charge in [-0.2, -0.15) is 8.75 Å². The second-order valence-electron chi connectivity index (χ2n) is 10.5. The lowest BCUT2D eigenvalue weighted by Crippen LogP contribution is -1.94. The van der Waals surface area contributed by atoms with Gasteiger partial charge in [-0.1, -0.05) is 50.9 Å². The minimum atomic E-state index is 0.196. The maximum Gasteiger partial charge on any atom is 0.167 e. The van der Waals surface area contributed by atoms with Gasteiger partial charge in [-0.25, -0.2) is 9.97 Å². The molecule has 0 saturated carbocycles. The normalized spacial score (nSPS) is 12.5. The summed E-state index contributed by atoms with van der Waals surface area (Å²) >= 11 is 21.4. The molecule has 0 radical (unpaired) electrons. The van der Waals surface area contributed by atoms with E-state index < -0.39 is 0 Å². The van der Waals surface area contributed by atoms with Crippen molar-refractivity contribution in [2.75, 3.05) is 0 Å². The van der Waals surface area contributed by atoms with Crippen molar-refractivity contribution in [3.05, 3.63) is 44.3 Å². The average molecular weight is 646 g/mol. The van der Waals surface area contributed by atoms with Crippen molar-refractivity contribution in [2.24, 2.45) is 11.8 Å². The van der Waals surface area contributed by atoms with Crippen molar-refractivity contribution in [2.45, 2.75) is 40.5 Å². The van der Waals surface area contributed by atoms with E-state index in [4.69, 9.17) is 41.9 Å². The van der Waals surface area contributed by atoms with Crippen molar-refractivity contribution < 1.29 is 0 Å². The monoisotopic (exact) mass is 644 g/mol. The van der Waals surface area contributed by atoms with Crippen LogP contribution in [0.4, 0.5) is 0 Å². The summed E-state index contributed by atoms with van der Waals surface area (Å²) in [7, 11) is 0. The zero-order valence-corrected chi connectivity index (χ0v) is 27.1. The third kappa shape index (κ3) is 4.60. The maximum atomic E-state index is 6.47. The zero-order valence-electron chi connectivity index (χ0n) is 21.5. The minimum Gasteiger partial charge on any atom is -0.230 e. The molecule has 0 aliphatic rings. The van der Waals surface area contributed by atoms with Crippen LogP contribution in [0.2, 0.25) is 10.3 Å². The van der Waals surface area contributed by atoms with E-state index in [0.717, 1.165) is 44.8 Å². The number of hydrogen-bond donors (Lipinski definition) is 0. The molecule has 0 aliphatic heterocycles. The highest BCUT2D eigenvalue weighted by molar-refractivity contribution is 7.30. The number of benzene rings is 1. The Kier molecular flexibility index (Phi) is 6.70. The Morgan fingerprint density at radius 2 is 1.00 bits per heavy atom. The van der Waals surface area contributed by atoms with Crippen LogP contribution in [0.3, 0.4) is 0 Å². The Morgan fingerprint density at radius 3 is 1.38 bits per heavy atom. The molecule has 0 amide bonds. The summed E-state index contributed by atoms with van der Waals surface area (Å²) in [5.41, 5.74) is 4.97. The highest BCUT2D eigenvalue weighted by Gasteiger charge is 2.26. The van der Waals surface area contributed by atoms with Gasteiger partial charge in [0.1, 0.15) is 22.1 Å². The fourth-order valence-electron chi connectivity index (χ4n) is 4.97. The Balaban J connectivity index is 1.46. The standard InChI is InChI=1S/C28H22Cl2N4S5/c1-11(2)5-13-7-15-17(35-13)9-19(37-15)21-23-24(32-28(30)27(29)31-23)22(26-25(21)33-39-34-26)20-10-18-16(38-20)8-14(36-18)6-12(3)4/h7-12H,5-6H2,1-4H3. The van der Waals surface area contributed by atoms with Gasteiger partial charge < -0.3 is 0 Å². The molecule has 0 fully saturated rings. The van der Waals surface area contributed by atoms with Crippen molar-refractivity contribution in [1.29, 1.82) is 0 Å². The molecule has 4 nitrogen and oxygen atoms in total. The molecule has 0 aliphatic carbocycles. The van der Waals surface area contributed by atoms with Crippen molar-refractivity contribution in [3.8, 4) is 20.9 Å². The third-order valence-electron chi connectivity index (χ3n) is 6.48. The van der Waals surface area contributed by atoms with E-state index in [0.29, 0.717) is 22.9 Å². The molecular formula is C28H22Cl2N4S5. The average Bonchev–Trinajstić information content (AvgIpc) is 3.64.